The second kappa shape index (κ2) is 6.70. The van der Waals surface area contributed by atoms with Gasteiger partial charge >= 0.3 is 0 Å². The van der Waals surface area contributed by atoms with E-state index in [0.29, 0.717) is 17.2 Å². The summed E-state index contributed by atoms with van der Waals surface area (Å²) >= 11 is 0. The smallest absolute Gasteiger partial charge is 0.269 e. The van der Waals surface area contributed by atoms with Crippen LogP contribution >= 0.6 is 0 Å². The van der Waals surface area contributed by atoms with Crippen LogP contribution in [0.1, 0.15) is 0 Å². The molecule has 0 fully saturated rings. The predicted molar refractivity (Wildman–Crippen MR) is 104 cm³/mol. The number of pyridine rings is 1. The number of imidazole rings is 1. The maximum atomic E-state index is 12.5. The molecule has 0 saturated heterocycles. The van der Waals surface area contributed by atoms with E-state index in [-0.39, 0.29) is 12.5 Å². The second-order valence-electron chi connectivity index (χ2n) is 6.36. The van der Waals surface area contributed by atoms with E-state index in [1.54, 1.807) is 24.7 Å². The lowest BCUT2D eigenvalue weighted by Crippen LogP contribution is -2.40. The molecular formula is C21H16N4O3. The molecule has 0 saturated carbocycles. The summed E-state index contributed by atoms with van der Waals surface area (Å²) in [6, 6.07) is 18.8. The summed E-state index contributed by atoms with van der Waals surface area (Å²) in [5.41, 5.74) is 2.45. The third-order valence-corrected chi connectivity index (χ3v) is 4.52. The normalized spacial score (nSPS) is 15.4. The number of hydrogen-bond donors (Lipinski definition) is 1. The minimum absolute atomic E-state index is 0.162. The Hall–Kier alpha value is -3.87. The Labute approximate surface area is 160 Å². The first-order chi connectivity index (χ1) is 13.8. The molecule has 3 heterocycles. The largest absolute Gasteiger partial charge is 0.485 e. The highest BCUT2D eigenvalue weighted by molar-refractivity contribution is 5.94. The average Bonchev–Trinajstić information content (AvgIpc) is 3.18. The van der Waals surface area contributed by atoms with Crippen LogP contribution in [0.3, 0.4) is 0 Å². The van der Waals surface area contributed by atoms with Gasteiger partial charge in [0, 0.05) is 0 Å². The van der Waals surface area contributed by atoms with Crippen LogP contribution in [0.2, 0.25) is 0 Å². The Kier molecular flexibility index (Phi) is 3.90. The lowest BCUT2D eigenvalue weighted by atomic mass is 10.2. The first-order valence-electron chi connectivity index (χ1n) is 8.86. The highest BCUT2D eigenvalue weighted by Crippen LogP contribution is 2.31. The number of carbonyl (C=O) groups excluding carboxylic acids is 1. The van der Waals surface area contributed by atoms with Crippen molar-refractivity contribution in [1.82, 2.24) is 14.5 Å². The van der Waals surface area contributed by atoms with E-state index < -0.39 is 6.10 Å². The molecule has 138 valence electrons. The monoisotopic (exact) mass is 372 g/mol. The number of benzene rings is 2. The number of rotatable bonds is 3. The molecule has 7 nitrogen and oxygen atoms in total. The summed E-state index contributed by atoms with van der Waals surface area (Å²) < 4.78 is 13.2. The zero-order valence-corrected chi connectivity index (χ0v) is 14.8. The van der Waals surface area contributed by atoms with E-state index in [9.17, 15) is 4.79 Å². The van der Waals surface area contributed by atoms with Crippen LogP contribution in [-0.4, -0.2) is 33.2 Å². The highest BCUT2D eigenvalue weighted by Gasteiger charge is 2.27. The lowest BCUT2D eigenvalue weighted by Gasteiger charge is -2.25. The number of carbonyl (C=O) groups is 1. The number of nitrogens with zero attached hydrogens (tertiary/aromatic N) is 3. The Balaban J connectivity index is 1.31. The van der Waals surface area contributed by atoms with Crippen LogP contribution in [0, 0.1) is 0 Å². The predicted octanol–water partition coefficient (Wildman–Crippen LogP) is 3.20. The summed E-state index contributed by atoms with van der Waals surface area (Å²) in [5, 5.41) is 2.82. The molecule has 1 atom stereocenters. The van der Waals surface area contributed by atoms with Crippen LogP contribution in [0.4, 0.5) is 5.69 Å². The van der Waals surface area contributed by atoms with Gasteiger partial charge in [0.2, 0.25) is 6.10 Å². The Bertz CT molecular complexity index is 1150. The third-order valence-electron chi connectivity index (χ3n) is 4.52. The lowest BCUT2D eigenvalue weighted by molar-refractivity contribution is -0.125. The number of ether oxygens (including phenoxy) is 2. The standard InChI is InChI=1S/C21H16N4O3/c26-21(19-12-27-17-7-3-4-8-18(17)28-19)24-14-9-10-20(22-11-14)25-13-23-15-5-1-2-6-16(15)25/h1-11,13,19H,12H2,(H,24,26). The van der Waals surface area contributed by atoms with E-state index in [4.69, 9.17) is 9.47 Å². The molecule has 5 rings (SSSR count). The number of amides is 1. The fourth-order valence-corrected chi connectivity index (χ4v) is 3.12. The van der Waals surface area contributed by atoms with Crippen molar-refractivity contribution >= 4 is 22.6 Å². The van der Waals surface area contributed by atoms with Gasteiger partial charge in [-0.3, -0.25) is 9.36 Å². The van der Waals surface area contributed by atoms with Crippen molar-refractivity contribution in [2.24, 2.45) is 0 Å². The van der Waals surface area contributed by atoms with Crippen molar-refractivity contribution in [2.45, 2.75) is 6.10 Å². The Morgan fingerprint density at radius 3 is 2.68 bits per heavy atom. The zero-order valence-electron chi connectivity index (χ0n) is 14.8. The van der Waals surface area contributed by atoms with Gasteiger partial charge in [0.15, 0.2) is 11.5 Å². The van der Waals surface area contributed by atoms with E-state index >= 15 is 0 Å². The first-order valence-corrected chi connectivity index (χ1v) is 8.86. The summed E-state index contributed by atoms with van der Waals surface area (Å²) in [5.74, 6) is 1.65. The number of hydrogen-bond acceptors (Lipinski definition) is 5. The maximum absolute atomic E-state index is 12.5. The summed E-state index contributed by atoms with van der Waals surface area (Å²) in [4.78, 5) is 21.3. The molecule has 0 spiro atoms. The average molecular weight is 372 g/mol. The molecule has 0 radical (unpaired) electrons. The van der Waals surface area contributed by atoms with Gasteiger partial charge < -0.3 is 14.8 Å². The molecule has 1 amide bonds. The summed E-state index contributed by atoms with van der Waals surface area (Å²) in [7, 11) is 0. The van der Waals surface area contributed by atoms with Crippen LogP contribution in [0.15, 0.2) is 73.2 Å². The van der Waals surface area contributed by atoms with Crippen LogP contribution < -0.4 is 14.8 Å². The second-order valence-corrected chi connectivity index (χ2v) is 6.36. The van der Waals surface area contributed by atoms with E-state index in [0.717, 1.165) is 16.9 Å². The Morgan fingerprint density at radius 1 is 1.00 bits per heavy atom. The Morgan fingerprint density at radius 2 is 1.82 bits per heavy atom. The van der Waals surface area contributed by atoms with Crippen molar-refractivity contribution < 1.29 is 14.3 Å². The number of aromatic nitrogens is 3. The minimum Gasteiger partial charge on any atom is -0.485 e. The molecule has 28 heavy (non-hydrogen) atoms. The molecule has 0 aliphatic carbocycles. The van der Waals surface area contributed by atoms with E-state index in [1.807, 2.05) is 53.1 Å². The molecule has 7 heteroatoms. The van der Waals surface area contributed by atoms with Crippen molar-refractivity contribution in [3.63, 3.8) is 0 Å². The number of nitrogens with one attached hydrogen (secondary N) is 1. The van der Waals surface area contributed by atoms with Crippen molar-refractivity contribution in [1.29, 1.82) is 0 Å². The van der Waals surface area contributed by atoms with Gasteiger partial charge in [-0.25, -0.2) is 9.97 Å². The molecule has 2 aromatic carbocycles. The van der Waals surface area contributed by atoms with Gasteiger partial charge in [0.05, 0.1) is 22.9 Å². The molecular weight excluding hydrogens is 356 g/mol. The van der Waals surface area contributed by atoms with Crippen molar-refractivity contribution in [3.8, 4) is 17.3 Å². The zero-order chi connectivity index (χ0) is 18.9. The van der Waals surface area contributed by atoms with Gasteiger partial charge in [-0.1, -0.05) is 24.3 Å². The molecule has 2 aromatic heterocycles. The van der Waals surface area contributed by atoms with Crippen LogP contribution in [-0.2, 0) is 4.79 Å². The first kappa shape index (κ1) is 16.3. The summed E-state index contributed by atoms with van der Waals surface area (Å²) in [6.07, 6.45) is 2.63. The molecule has 1 N–H and O–H groups in total. The van der Waals surface area contributed by atoms with Gasteiger partial charge in [-0.2, -0.15) is 0 Å². The number of para-hydroxylation sites is 4. The molecule has 1 unspecified atom stereocenters. The molecule has 4 aromatic rings. The fraction of sp³-hybridized carbons (Fsp3) is 0.0952. The topological polar surface area (TPSA) is 78.3 Å². The van der Waals surface area contributed by atoms with Gasteiger partial charge in [-0.15, -0.1) is 0 Å². The number of fused-ring (bicyclic) bond motifs is 2. The van der Waals surface area contributed by atoms with Crippen molar-refractivity contribution in [2.75, 3.05) is 11.9 Å². The minimum atomic E-state index is -0.716. The number of anilines is 1. The third kappa shape index (κ3) is 2.92. The molecule has 0 bridgehead atoms. The SMILES string of the molecule is O=C(Nc1ccc(-n2cnc3ccccc32)nc1)C1COc2ccccc2O1. The van der Waals surface area contributed by atoms with Crippen molar-refractivity contribution in [3.05, 3.63) is 73.2 Å². The van der Waals surface area contributed by atoms with Crippen LogP contribution in [0.5, 0.6) is 11.5 Å². The maximum Gasteiger partial charge on any atom is 0.269 e. The van der Waals surface area contributed by atoms with Gasteiger partial charge in [0.25, 0.3) is 5.91 Å². The van der Waals surface area contributed by atoms with Gasteiger partial charge in [-0.05, 0) is 36.4 Å². The van der Waals surface area contributed by atoms with Gasteiger partial charge in [0.1, 0.15) is 18.8 Å². The van der Waals surface area contributed by atoms with E-state index in [2.05, 4.69) is 15.3 Å². The fourth-order valence-electron chi connectivity index (χ4n) is 3.12. The summed E-state index contributed by atoms with van der Waals surface area (Å²) in [6.45, 7) is 0.162. The highest BCUT2D eigenvalue weighted by atomic mass is 16.6. The molecule has 1 aliphatic rings. The van der Waals surface area contributed by atoms with E-state index in [1.165, 1.54) is 0 Å². The quantitative estimate of drug-likeness (QED) is 0.598. The van der Waals surface area contributed by atoms with Crippen LogP contribution in [0.25, 0.3) is 16.9 Å². The molecule has 1 aliphatic heterocycles.